The first-order chi connectivity index (χ1) is 14.2. The number of unbranched alkanes of at least 4 members (excludes halogenated alkanes) is 4. The SMILES string of the molecule is Nc1cc(Cl)nc(NCC2CCC(CCCCCCCC3CCCCC3)CC2)n1. The highest BCUT2D eigenvalue weighted by atomic mass is 35.5. The first kappa shape index (κ1) is 22.7. The van der Waals surface area contributed by atoms with Crippen LogP contribution in [0.2, 0.25) is 5.15 Å². The van der Waals surface area contributed by atoms with Crippen molar-refractivity contribution in [2.45, 2.75) is 103 Å². The fraction of sp³-hybridized carbons (Fsp3) is 0.833. The van der Waals surface area contributed by atoms with E-state index in [0.717, 1.165) is 24.3 Å². The zero-order valence-corrected chi connectivity index (χ0v) is 18.9. The number of hydrogen-bond acceptors (Lipinski definition) is 4. The van der Waals surface area contributed by atoms with E-state index in [-0.39, 0.29) is 0 Å². The molecule has 1 aromatic rings. The second-order valence-corrected chi connectivity index (χ2v) is 9.94. The summed E-state index contributed by atoms with van der Waals surface area (Å²) in [5.74, 6) is 3.71. The number of nitrogens with zero attached hydrogens (tertiary/aromatic N) is 2. The number of nitrogens with one attached hydrogen (secondary N) is 1. The number of hydrogen-bond donors (Lipinski definition) is 2. The Morgan fingerprint density at radius 2 is 1.38 bits per heavy atom. The van der Waals surface area contributed by atoms with Gasteiger partial charge < -0.3 is 11.1 Å². The van der Waals surface area contributed by atoms with Crippen LogP contribution in [0.3, 0.4) is 0 Å². The predicted octanol–water partition coefficient (Wildman–Crippen LogP) is 7.24. The number of halogens is 1. The molecule has 2 aliphatic rings. The molecule has 5 heteroatoms. The van der Waals surface area contributed by atoms with Crippen LogP contribution in [-0.4, -0.2) is 16.5 Å². The van der Waals surface area contributed by atoms with Gasteiger partial charge >= 0.3 is 0 Å². The maximum atomic E-state index is 5.94. The lowest BCUT2D eigenvalue weighted by atomic mass is 9.79. The molecule has 3 N–H and O–H groups in total. The Kier molecular flexibility index (Phi) is 9.85. The van der Waals surface area contributed by atoms with Gasteiger partial charge in [0.1, 0.15) is 11.0 Å². The summed E-state index contributed by atoms with van der Waals surface area (Å²) in [7, 11) is 0. The molecule has 0 saturated heterocycles. The quantitative estimate of drug-likeness (QED) is 0.292. The summed E-state index contributed by atoms with van der Waals surface area (Å²) in [6.07, 6.45) is 23.1. The third kappa shape index (κ3) is 8.70. The molecule has 0 unspecified atom stereocenters. The van der Waals surface area contributed by atoms with Crippen LogP contribution in [0, 0.1) is 17.8 Å². The van der Waals surface area contributed by atoms with E-state index >= 15 is 0 Å². The molecular formula is C24H41ClN4. The third-order valence-electron chi connectivity index (χ3n) is 7.18. The normalized spacial score (nSPS) is 23.2. The van der Waals surface area contributed by atoms with Crippen molar-refractivity contribution in [1.29, 1.82) is 0 Å². The van der Waals surface area contributed by atoms with Gasteiger partial charge in [0, 0.05) is 12.6 Å². The summed E-state index contributed by atoms with van der Waals surface area (Å²) >= 11 is 5.94. The van der Waals surface area contributed by atoms with Gasteiger partial charge in [-0.05, 0) is 30.6 Å². The van der Waals surface area contributed by atoms with Crippen LogP contribution < -0.4 is 11.1 Å². The zero-order chi connectivity index (χ0) is 20.3. The molecule has 0 bridgehead atoms. The highest BCUT2D eigenvalue weighted by Gasteiger charge is 2.21. The standard InChI is InChI=1S/C24H41ClN4/c25-22-17-23(26)29-24(28-22)27-18-21-15-13-20(14-16-21)12-6-3-1-2-5-9-19-10-7-4-8-11-19/h17,19-21H,1-16,18H2,(H3,26,27,28,29). The van der Waals surface area contributed by atoms with Crippen molar-refractivity contribution in [2.75, 3.05) is 17.6 Å². The smallest absolute Gasteiger partial charge is 0.226 e. The molecule has 1 aromatic heterocycles. The number of nitrogen functional groups attached to an aromatic ring is 1. The van der Waals surface area contributed by atoms with Gasteiger partial charge in [-0.15, -0.1) is 0 Å². The van der Waals surface area contributed by atoms with Crippen LogP contribution in [0.25, 0.3) is 0 Å². The van der Waals surface area contributed by atoms with Crippen molar-refractivity contribution < 1.29 is 0 Å². The van der Waals surface area contributed by atoms with Crippen molar-refractivity contribution in [3.8, 4) is 0 Å². The van der Waals surface area contributed by atoms with Crippen molar-refractivity contribution in [3.63, 3.8) is 0 Å². The van der Waals surface area contributed by atoms with E-state index in [1.54, 1.807) is 6.07 Å². The molecule has 0 radical (unpaired) electrons. The summed E-state index contributed by atoms with van der Waals surface area (Å²) in [6.45, 7) is 0.924. The Balaban J connectivity index is 1.18. The minimum Gasteiger partial charge on any atom is -0.383 e. The molecule has 4 nitrogen and oxygen atoms in total. The second-order valence-electron chi connectivity index (χ2n) is 9.56. The molecule has 3 rings (SSSR count). The van der Waals surface area contributed by atoms with Gasteiger partial charge in [-0.1, -0.05) is 101 Å². The van der Waals surface area contributed by atoms with Crippen LogP contribution in [0.1, 0.15) is 103 Å². The van der Waals surface area contributed by atoms with Crippen molar-refractivity contribution in [3.05, 3.63) is 11.2 Å². The first-order valence-electron chi connectivity index (χ1n) is 12.2. The molecule has 29 heavy (non-hydrogen) atoms. The topological polar surface area (TPSA) is 63.8 Å². The van der Waals surface area contributed by atoms with Gasteiger partial charge in [-0.2, -0.15) is 4.98 Å². The van der Waals surface area contributed by atoms with Crippen molar-refractivity contribution in [2.24, 2.45) is 17.8 Å². The van der Waals surface area contributed by atoms with Crippen LogP contribution in [0.5, 0.6) is 0 Å². The lowest BCUT2D eigenvalue weighted by Crippen LogP contribution is -2.22. The molecule has 2 aliphatic carbocycles. The fourth-order valence-corrected chi connectivity index (χ4v) is 5.54. The highest BCUT2D eigenvalue weighted by Crippen LogP contribution is 2.32. The number of rotatable bonds is 11. The van der Waals surface area contributed by atoms with Gasteiger partial charge in [0.05, 0.1) is 0 Å². The van der Waals surface area contributed by atoms with E-state index in [9.17, 15) is 0 Å². The average Bonchev–Trinajstić information content (AvgIpc) is 2.72. The Labute approximate surface area is 182 Å². The van der Waals surface area contributed by atoms with Gasteiger partial charge in [0.2, 0.25) is 5.95 Å². The maximum absolute atomic E-state index is 5.94. The first-order valence-corrected chi connectivity index (χ1v) is 12.6. The third-order valence-corrected chi connectivity index (χ3v) is 7.37. The van der Waals surface area contributed by atoms with E-state index < -0.39 is 0 Å². The molecule has 2 saturated carbocycles. The van der Waals surface area contributed by atoms with Gasteiger partial charge in [0.15, 0.2) is 0 Å². The number of aromatic nitrogens is 2. The molecule has 0 aromatic carbocycles. The monoisotopic (exact) mass is 420 g/mol. The molecule has 164 valence electrons. The van der Waals surface area contributed by atoms with Gasteiger partial charge in [0.25, 0.3) is 0 Å². The lowest BCUT2D eigenvalue weighted by molar-refractivity contribution is 0.265. The summed E-state index contributed by atoms with van der Waals surface area (Å²) in [6, 6.07) is 1.58. The Morgan fingerprint density at radius 1 is 0.793 bits per heavy atom. The van der Waals surface area contributed by atoms with E-state index in [0.29, 0.717) is 16.9 Å². The summed E-state index contributed by atoms with van der Waals surface area (Å²) in [4.78, 5) is 8.40. The average molecular weight is 421 g/mol. The second kappa shape index (κ2) is 12.6. The number of anilines is 2. The molecular weight excluding hydrogens is 380 g/mol. The zero-order valence-electron chi connectivity index (χ0n) is 18.2. The van der Waals surface area contributed by atoms with E-state index in [1.807, 2.05) is 0 Å². The molecule has 0 aliphatic heterocycles. The Hall–Kier alpha value is -1.03. The van der Waals surface area contributed by atoms with Crippen LogP contribution >= 0.6 is 11.6 Å². The van der Waals surface area contributed by atoms with Gasteiger partial charge in [-0.3, -0.25) is 0 Å². The minimum absolute atomic E-state index is 0.401. The lowest BCUT2D eigenvalue weighted by Gasteiger charge is -2.28. The molecule has 2 fully saturated rings. The summed E-state index contributed by atoms with van der Waals surface area (Å²) in [5.41, 5.74) is 5.73. The number of nitrogens with two attached hydrogens (primary N) is 1. The van der Waals surface area contributed by atoms with E-state index in [4.69, 9.17) is 17.3 Å². The minimum atomic E-state index is 0.401. The predicted molar refractivity (Wildman–Crippen MR) is 124 cm³/mol. The maximum Gasteiger partial charge on any atom is 0.226 e. The summed E-state index contributed by atoms with van der Waals surface area (Å²) < 4.78 is 0. The van der Waals surface area contributed by atoms with E-state index in [2.05, 4.69) is 15.3 Å². The van der Waals surface area contributed by atoms with Crippen LogP contribution in [-0.2, 0) is 0 Å². The summed E-state index contributed by atoms with van der Waals surface area (Å²) in [5, 5.41) is 3.72. The largest absolute Gasteiger partial charge is 0.383 e. The fourth-order valence-electron chi connectivity index (χ4n) is 5.35. The molecule has 1 heterocycles. The van der Waals surface area contributed by atoms with E-state index in [1.165, 1.54) is 103 Å². The molecule has 0 atom stereocenters. The van der Waals surface area contributed by atoms with Crippen molar-refractivity contribution in [1.82, 2.24) is 9.97 Å². The molecule has 0 spiro atoms. The Morgan fingerprint density at radius 3 is 2.03 bits per heavy atom. The van der Waals surface area contributed by atoms with Crippen molar-refractivity contribution >= 4 is 23.4 Å². The molecule has 0 amide bonds. The highest BCUT2D eigenvalue weighted by molar-refractivity contribution is 6.29. The Bertz CT molecular complexity index is 560. The van der Waals surface area contributed by atoms with Crippen LogP contribution in [0.4, 0.5) is 11.8 Å². The van der Waals surface area contributed by atoms with Gasteiger partial charge in [-0.25, -0.2) is 4.98 Å². The van der Waals surface area contributed by atoms with Crippen LogP contribution in [0.15, 0.2) is 6.07 Å².